The van der Waals surface area contributed by atoms with Crippen molar-refractivity contribution in [2.24, 2.45) is 5.14 Å². The number of hydrogen-bond donors (Lipinski definition) is 1. The maximum absolute atomic E-state index is 12.9. The van der Waals surface area contributed by atoms with Crippen LogP contribution in [0.15, 0.2) is 53.4 Å². The average Bonchev–Trinajstić information content (AvgIpc) is 3.09. The SMILES string of the molecule is C[C@H]1Cc2c(c(C#Cc3ccc(S(N)(=O)=O)cc3)nn2-c2ccc(C(F)(F)F)cc2)CO1. The van der Waals surface area contributed by atoms with Gasteiger partial charge in [0.25, 0.3) is 0 Å². The lowest BCUT2D eigenvalue weighted by Crippen LogP contribution is -2.21. The topological polar surface area (TPSA) is 87.2 Å². The van der Waals surface area contributed by atoms with Gasteiger partial charge in [-0.05, 0) is 61.4 Å². The minimum Gasteiger partial charge on any atom is -0.373 e. The molecule has 32 heavy (non-hydrogen) atoms. The van der Waals surface area contributed by atoms with E-state index in [1.165, 1.54) is 36.4 Å². The van der Waals surface area contributed by atoms with Gasteiger partial charge in [-0.15, -0.1) is 0 Å². The molecule has 0 saturated heterocycles. The quantitative estimate of drug-likeness (QED) is 0.593. The zero-order valence-corrected chi connectivity index (χ0v) is 17.7. The number of sulfonamides is 1. The van der Waals surface area contributed by atoms with E-state index in [-0.39, 0.29) is 17.6 Å². The molecule has 0 amide bonds. The Morgan fingerprint density at radius 3 is 2.34 bits per heavy atom. The first kappa shape index (κ1) is 22.1. The molecule has 1 atom stereocenters. The monoisotopic (exact) mass is 461 g/mol. The number of halogens is 3. The van der Waals surface area contributed by atoms with Gasteiger partial charge in [0, 0.05) is 17.5 Å². The largest absolute Gasteiger partial charge is 0.416 e. The molecule has 1 aliphatic heterocycles. The van der Waals surface area contributed by atoms with E-state index in [1.54, 1.807) is 4.68 Å². The number of primary sulfonamides is 1. The minimum absolute atomic E-state index is 0.0191. The second kappa shape index (κ2) is 8.09. The van der Waals surface area contributed by atoms with Gasteiger partial charge in [0.05, 0.1) is 34.6 Å². The summed E-state index contributed by atoms with van der Waals surface area (Å²) in [5.74, 6) is 5.89. The van der Waals surface area contributed by atoms with Crippen LogP contribution in [0, 0.1) is 11.8 Å². The molecule has 166 valence electrons. The van der Waals surface area contributed by atoms with Gasteiger partial charge in [-0.1, -0.05) is 5.92 Å². The molecule has 1 aromatic heterocycles. The fourth-order valence-electron chi connectivity index (χ4n) is 3.37. The molecule has 3 aromatic rings. The van der Waals surface area contributed by atoms with E-state index < -0.39 is 21.8 Å². The summed E-state index contributed by atoms with van der Waals surface area (Å²) in [5.41, 5.74) is 2.37. The van der Waals surface area contributed by atoms with Crippen molar-refractivity contribution in [3.8, 4) is 17.5 Å². The maximum Gasteiger partial charge on any atom is 0.416 e. The average molecular weight is 461 g/mol. The summed E-state index contributed by atoms with van der Waals surface area (Å²) in [6.07, 6.45) is -3.95. The number of nitrogens with two attached hydrogens (primary N) is 1. The van der Waals surface area contributed by atoms with Gasteiger partial charge in [-0.25, -0.2) is 18.2 Å². The number of hydrogen-bond acceptors (Lipinski definition) is 4. The molecule has 2 heterocycles. The van der Waals surface area contributed by atoms with Gasteiger partial charge < -0.3 is 4.74 Å². The van der Waals surface area contributed by atoms with E-state index in [0.29, 0.717) is 23.4 Å². The molecule has 0 spiro atoms. The van der Waals surface area contributed by atoms with Crippen molar-refractivity contribution in [1.82, 2.24) is 9.78 Å². The van der Waals surface area contributed by atoms with Crippen LogP contribution < -0.4 is 5.14 Å². The lowest BCUT2D eigenvalue weighted by molar-refractivity contribution is -0.137. The van der Waals surface area contributed by atoms with Crippen LogP contribution in [0.1, 0.15) is 35.0 Å². The van der Waals surface area contributed by atoms with E-state index in [4.69, 9.17) is 9.88 Å². The highest BCUT2D eigenvalue weighted by atomic mass is 32.2. The van der Waals surface area contributed by atoms with Crippen LogP contribution in [0.3, 0.4) is 0 Å². The lowest BCUT2D eigenvalue weighted by Gasteiger charge is -2.21. The van der Waals surface area contributed by atoms with Gasteiger partial charge in [0.15, 0.2) is 0 Å². The highest BCUT2D eigenvalue weighted by molar-refractivity contribution is 7.89. The summed E-state index contributed by atoms with van der Waals surface area (Å²) >= 11 is 0. The van der Waals surface area contributed by atoms with Gasteiger partial charge >= 0.3 is 6.18 Å². The van der Waals surface area contributed by atoms with Crippen molar-refractivity contribution in [2.75, 3.05) is 0 Å². The number of ether oxygens (including phenoxy) is 1. The number of nitrogens with zero attached hydrogens (tertiary/aromatic N) is 2. The predicted octanol–water partition coefficient (Wildman–Crippen LogP) is 3.40. The van der Waals surface area contributed by atoms with Crippen molar-refractivity contribution in [3.63, 3.8) is 0 Å². The fraction of sp³-hybridized carbons (Fsp3) is 0.227. The number of aromatic nitrogens is 2. The molecule has 0 bridgehead atoms. The molecule has 0 radical (unpaired) electrons. The molecule has 0 saturated carbocycles. The first-order valence-corrected chi connectivity index (χ1v) is 11.1. The second-order valence-corrected chi connectivity index (χ2v) is 8.94. The third kappa shape index (κ3) is 4.55. The van der Waals surface area contributed by atoms with Crippen LogP contribution >= 0.6 is 0 Å². The second-order valence-electron chi connectivity index (χ2n) is 7.38. The van der Waals surface area contributed by atoms with E-state index in [0.717, 1.165) is 23.4 Å². The Morgan fingerprint density at radius 1 is 1.09 bits per heavy atom. The standard InChI is InChI=1S/C22H18F3N3O3S/c1-14-12-21-19(13-31-14)20(11-4-15-2-9-18(10-3-15)32(26,29)30)27-28(21)17-7-5-16(6-8-17)22(23,24)25/h2-3,5-10,14H,12-13H2,1H3,(H2,26,29,30)/t14-/m0/s1. The van der Waals surface area contributed by atoms with Crippen LogP contribution in [0.2, 0.25) is 0 Å². The summed E-state index contributed by atoms with van der Waals surface area (Å²) in [7, 11) is -3.79. The van der Waals surface area contributed by atoms with Gasteiger partial charge in [-0.2, -0.15) is 18.3 Å². The summed E-state index contributed by atoms with van der Waals surface area (Å²) in [6, 6.07) is 10.6. The number of benzene rings is 2. The minimum atomic E-state index is -4.42. The molecule has 0 fully saturated rings. The zero-order chi connectivity index (χ0) is 23.1. The highest BCUT2D eigenvalue weighted by Gasteiger charge is 2.30. The Bertz CT molecular complexity index is 1320. The molecule has 1 aliphatic rings. The van der Waals surface area contributed by atoms with Crippen LogP contribution in [0.4, 0.5) is 13.2 Å². The smallest absolute Gasteiger partial charge is 0.373 e. The van der Waals surface area contributed by atoms with Crippen molar-refractivity contribution in [1.29, 1.82) is 0 Å². The molecular formula is C22H18F3N3O3S. The van der Waals surface area contributed by atoms with E-state index in [9.17, 15) is 21.6 Å². The molecule has 2 aromatic carbocycles. The summed E-state index contributed by atoms with van der Waals surface area (Å²) in [5, 5.41) is 9.62. The van der Waals surface area contributed by atoms with Gasteiger partial charge in [-0.3, -0.25) is 0 Å². The number of rotatable bonds is 2. The van der Waals surface area contributed by atoms with Crippen LogP contribution in [0.5, 0.6) is 0 Å². The first-order valence-electron chi connectivity index (χ1n) is 9.57. The molecular weight excluding hydrogens is 443 g/mol. The normalized spacial score (nSPS) is 16.2. The maximum atomic E-state index is 12.9. The number of alkyl halides is 3. The van der Waals surface area contributed by atoms with E-state index >= 15 is 0 Å². The Hall–Kier alpha value is -3.13. The van der Waals surface area contributed by atoms with Gasteiger partial charge in [0.1, 0.15) is 5.69 Å². The van der Waals surface area contributed by atoms with Crippen molar-refractivity contribution in [2.45, 2.75) is 37.1 Å². The van der Waals surface area contributed by atoms with Gasteiger partial charge in [0.2, 0.25) is 10.0 Å². The molecule has 0 aliphatic carbocycles. The van der Waals surface area contributed by atoms with Crippen LogP contribution in [-0.4, -0.2) is 24.3 Å². The predicted molar refractivity (Wildman–Crippen MR) is 110 cm³/mol. The molecule has 2 N–H and O–H groups in total. The summed E-state index contributed by atoms with van der Waals surface area (Å²) < 4.78 is 68.8. The Labute approximate surface area is 182 Å². The summed E-state index contributed by atoms with van der Waals surface area (Å²) in [6.45, 7) is 2.19. The van der Waals surface area contributed by atoms with Crippen molar-refractivity contribution < 1.29 is 26.3 Å². The first-order chi connectivity index (χ1) is 15.0. The Balaban J connectivity index is 1.72. The van der Waals surface area contributed by atoms with E-state index in [1.807, 2.05) is 6.92 Å². The fourth-order valence-corrected chi connectivity index (χ4v) is 3.88. The van der Waals surface area contributed by atoms with Crippen LogP contribution in [0.25, 0.3) is 5.69 Å². The highest BCUT2D eigenvalue weighted by Crippen LogP contribution is 2.31. The molecule has 10 heteroatoms. The Morgan fingerprint density at radius 2 is 1.75 bits per heavy atom. The Kier molecular flexibility index (Phi) is 5.58. The lowest BCUT2D eigenvalue weighted by atomic mass is 10.0. The number of fused-ring (bicyclic) bond motifs is 1. The van der Waals surface area contributed by atoms with Crippen molar-refractivity contribution in [3.05, 3.63) is 76.6 Å². The van der Waals surface area contributed by atoms with Crippen LogP contribution in [-0.2, 0) is 34.0 Å². The third-order valence-corrected chi connectivity index (χ3v) is 5.96. The molecule has 6 nitrogen and oxygen atoms in total. The zero-order valence-electron chi connectivity index (χ0n) is 16.8. The third-order valence-electron chi connectivity index (χ3n) is 5.03. The van der Waals surface area contributed by atoms with Crippen molar-refractivity contribution >= 4 is 10.0 Å². The summed E-state index contributed by atoms with van der Waals surface area (Å²) in [4.78, 5) is -0.0191. The molecule has 0 unspecified atom stereocenters. The molecule has 4 rings (SSSR count). The van der Waals surface area contributed by atoms with E-state index in [2.05, 4.69) is 16.9 Å².